The van der Waals surface area contributed by atoms with Gasteiger partial charge in [0.1, 0.15) is 11.2 Å². The summed E-state index contributed by atoms with van der Waals surface area (Å²) < 4.78 is 11.1. The predicted octanol–water partition coefficient (Wildman–Crippen LogP) is 2.43. The highest BCUT2D eigenvalue weighted by Crippen LogP contribution is 2.62. The second-order valence-electron chi connectivity index (χ2n) is 5.63. The minimum Gasteiger partial charge on any atom is -0.458 e. The van der Waals surface area contributed by atoms with E-state index in [1.165, 1.54) is 0 Å². The topological polar surface area (TPSA) is 38.8 Å². The van der Waals surface area contributed by atoms with Crippen molar-refractivity contribution in [3.8, 4) is 0 Å². The first-order chi connectivity index (χ1) is 6.85. The Morgan fingerprint density at radius 3 is 2.53 bits per heavy atom. The van der Waals surface area contributed by atoms with Gasteiger partial charge in [0.2, 0.25) is 0 Å². The summed E-state index contributed by atoms with van der Waals surface area (Å²) in [6, 6.07) is 0. The minimum absolute atomic E-state index is 0.158. The van der Waals surface area contributed by atoms with Gasteiger partial charge in [-0.2, -0.15) is 0 Å². The molecule has 1 saturated heterocycles. The Hall–Kier alpha value is -0.570. The van der Waals surface area contributed by atoms with Crippen molar-refractivity contribution in [2.75, 3.05) is 0 Å². The van der Waals surface area contributed by atoms with Crippen LogP contribution in [0.3, 0.4) is 0 Å². The zero-order valence-electron chi connectivity index (χ0n) is 10.1. The van der Waals surface area contributed by atoms with Crippen LogP contribution >= 0.6 is 0 Å². The number of hydrogen-bond acceptors (Lipinski definition) is 3. The Bertz CT molecular complexity index is 292. The number of esters is 1. The Balaban J connectivity index is 2.09. The molecule has 2 rings (SSSR count). The van der Waals surface area contributed by atoms with Gasteiger partial charge in [-0.1, -0.05) is 6.92 Å². The molecule has 1 heterocycles. The molecule has 0 radical (unpaired) electrons. The molecule has 1 saturated carbocycles. The molecule has 0 aromatic carbocycles. The molecule has 3 heteroatoms. The van der Waals surface area contributed by atoms with E-state index in [4.69, 9.17) is 9.47 Å². The number of carbonyl (C=O) groups excluding carboxylic acids is 1. The summed E-state index contributed by atoms with van der Waals surface area (Å²) >= 11 is 0. The minimum atomic E-state index is -0.588. The summed E-state index contributed by atoms with van der Waals surface area (Å²) in [5, 5.41) is 0. The Morgan fingerprint density at radius 1 is 1.40 bits per heavy atom. The van der Waals surface area contributed by atoms with Gasteiger partial charge in [0.15, 0.2) is 5.60 Å². The van der Waals surface area contributed by atoms with E-state index in [0.717, 1.165) is 25.7 Å². The first kappa shape index (κ1) is 10.9. The van der Waals surface area contributed by atoms with E-state index < -0.39 is 11.2 Å². The normalized spacial score (nSPS) is 38.7. The zero-order chi connectivity index (χ0) is 11.3. The maximum atomic E-state index is 12.0. The average Bonchev–Trinajstić information content (AvgIpc) is 2.63. The van der Waals surface area contributed by atoms with Crippen molar-refractivity contribution in [1.82, 2.24) is 0 Å². The van der Waals surface area contributed by atoms with Crippen LogP contribution in [0.1, 0.15) is 53.4 Å². The molecule has 0 amide bonds. The summed E-state index contributed by atoms with van der Waals surface area (Å²) in [5.41, 5.74) is -1.19. The molecule has 0 spiro atoms. The molecule has 15 heavy (non-hydrogen) atoms. The molecule has 1 aliphatic carbocycles. The number of epoxide rings is 1. The summed E-state index contributed by atoms with van der Waals surface area (Å²) in [6.07, 6.45) is 3.82. The zero-order valence-corrected chi connectivity index (χ0v) is 10.1. The monoisotopic (exact) mass is 212 g/mol. The third-order valence-electron chi connectivity index (χ3n) is 3.47. The van der Waals surface area contributed by atoms with Gasteiger partial charge in [-0.25, -0.2) is 4.79 Å². The lowest BCUT2D eigenvalue weighted by molar-refractivity contribution is -0.161. The lowest BCUT2D eigenvalue weighted by Crippen LogP contribution is -2.36. The van der Waals surface area contributed by atoms with E-state index in [-0.39, 0.29) is 11.6 Å². The van der Waals surface area contributed by atoms with Crippen LogP contribution in [-0.4, -0.2) is 22.8 Å². The molecule has 0 aromatic rings. The van der Waals surface area contributed by atoms with Crippen molar-refractivity contribution in [3.63, 3.8) is 0 Å². The van der Waals surface area contributed by atoms with Crippen molar-refractivity contribution < 1.29 is 14.3 Å². The SMILES string of the molecule is CCC12CCCC1(C(=O)OC(C)(C)C)O2. The fourth-order valence-electron chi connectivity index (χ4n) is 2.69. The van der Waals surface area contributed by atoms with E-state index in [1.54, 1.807) is 0 Å². The summed E-state index contributed by atoms with van der Waals surface area (Å²) in [4.78, 5) is 12.0. The molecule has 2 atom stereocenters. The fourth-order valence-corrected chi connectivity index (χ4v) is 2.69. The molecule has 1 aliphatic heterocycles. The highest BCUT2D eigenvalue weighted by molar-refractivity contribution is 5.86. The van der Waals surface area contributed by atoms with Crippen LogP contribution in [-0.2, 0) is 14.3 Å². The highest BCUT2D eigenvalue weighted by Gasteiger charge is 2.76. The summed E-state index contributed by atoms with van der Waals surface area (Å²) in [5.74, 6) is -0.158. The van der Waals surface area contributed by atoms with E-state index in [9.17, 15) is 4.79 Å². The standard InChI is InChI=1S/C12H20O3/c1-5-11-7-6-8-12(11,15-11)9(13)14-10(2,3)4/h5-8H2,1-4H3. The number of fused-ring (bicyclic) bond motifs is 1. The molecule has 3 nitrogen and oxygen atoms in total. The highest BCUT2D eigenvalue weighted by atomic mass is 16.7. The van der Waals surface area contributed by atoms with Gasteiger partial charge in [0.25, 0.3) is 0 Å². The molecule has 0 bridgehead atoms. The lowest BCUT2D eigenvalue weighted by Gasteiger charge is -2.22. The second-order valence-corrected chi connectivity index (χ2v) is 5.63. The number of ether oxygens (including phenoxy) is 2. The molecular formula is C12H20O3. The Kier molecular flexibility index (Phi) is 2.16. The van der Waals surface area contributed by atoms with Gasteiger partial charge in [0, 0.05) is 0 Å². The quantitative estimate of drug-likeness (QED) is 0.521. The summed E-state index contributed by atoms with van der Waals surface area (Å²) in [6.45, 7) is 7.77. The van der Waals surface area contributed by atoms with Crippen molar-refractivity contribution in [3.05, 3.63) is 0 Å². The van der Waals surface area contributed by atoms with Gasteiger partial charge in [-0.3, -0.25) is 0 Å². The smallest absolute Gasteiger partial charge is 0.342 e. The Labute approximate surface area is 91.1 Å². The largest absolute Gasteiger partial charge is 0.458 e. The molecule has 2 unspecified atom stereocenters. The molecule has 0 N–H and O–H groups in total. The van der Waals surface area contributed by atoms with Crippen molar-refractivity contribution in [2.45, 2.75) is 70.2 Å². The first-order valence-electron chi connectivity index (χ1n) is 5.79. The van der Waals surface area contributed by atoms with Crippen LogP contribution in [0.2, 0.25) is 0 Å². The second kappa shape index (κ2) is 2.97. The van der Waals surface area contributed by atoms with Crippen molar-refractivity contribution in [1.29, 1.82) is 0 Å². The molecule has 86 valence electrons. The predicted molar refractivity (Wildman–Crippen MR) is 56.5 cm³/mol. The van der Waals surface area contributed by atoms with Crippen molar-refractivity contribution >= 4 is 5.97 Å². The Morgan fingerprint density at radius 2 is 2.07 bits per heavy atom. The lowest BCUT2D eigenvalue weighted by atomic mass is 9.93. The maximum absolute atomic E-state index is 12.0. The van der Waals surface area contributed by atoms with Gasteiger partial charge >= 0.3 is 5.97 Å². The van der Waals surface area contributed by atoms with E-state index in [1.807, 2.05) is 20.8 Å². The average molecular weight is 212 g/mol. The van der Waals surface area contributed by atoms with Gasteiger partial charge in [0.05, 0.1) is 0 Å². The molecule has 2 fully saturated rings. The number of hydrogen-bond donors (Lipinski definition) is 0. The van der Waals surface area contributed by atoms with Gasteiger partial charge < -0.3 is 9.47 Å². The van der Waals surface area contributed by atoms with Crippen LogP contribution in [0, 0.1) is 0 Å². The van der Waals surface area contributed by atoms with Crippen LogP contribution in [0.4, 0.5) is 0 Å². The van der Waals surface area contributed by atoms with E-state index in [0.29, 0.717) is 0 Å². The van der Waals surface area contributed by atoms with Crippen LogP contribution in [0.5, 0.6) is 0 Å². The van der Waals surface area contributed by atoms with Crippen LogP contribution < -0.4 is 0 Å². The third kappa shape index (κ3) is 1.48. The van der Waals surface area contributed by atoms with Gasteiger partial charge in [-0.15, -0.1) is 0 Å². The van der Waals surface area contributed by atoms with E-state index in [2.05, 4.69) is 6.92 Å². The molecular weight excluding hydrogens is 192 g/mol. The van der Waals surface area contributed by atoms with Crippen LogP contribution in [0.25, 0.3) is 0 Å². The maximum Gasteiger partial charge on any atom is 0.342 e. The van der Waals surface area contributed by atoms with Gasteiger partial charge in [-0.05, 0) is 46.5 Å². The van der Waals surface area contributed by atoms with Crippen molar-refractivity contribution in [2.24, 2.45) is 0 Å². The number of rotatable bonds is 2. The molecule has 0 aromatic heterocycles. The summed E-state index contributed by atoms with van der Waals surface area (Å²) in [7, 11) is 0. The number of carbonyl (C=O) groups is 1. The fraction of sp³-hybridized carbons (Fsp3) is 0.917. The first-order valence-corrected chi connectivity index (χ1v) is 5.79. The van der Waals surface area contributed by atoms with Crippen LogP contribution in [0.15, 0.2) is 0 Å². The van der Waals surface area contributed by atoms with E-state index >= 15 is 0 Å². The third-order valence-corrected chi connectivity index (χ3v) is 3.47. The molecule has 2 aliphatic rings.